The molecule has 1 unspecified atom stereocenters. The first kappa shape index (κ1) is 11.9. The SMILES string of the molecule is C[Si](C)(C)C1C=Cc2cccc(C#N)c2C=C1. The molecule has 86 valence electrons. The van der Waals surface area contributed by atoms with Crippen molar-refractivity contribution in [3.05, 3.63) is 47.0 Å². The van der Waals surface area contributed by atoms with Crippen molar-refractivity contribution in [1.82, 2.24) is 0 Å². The summed E-state index contributed by atoms with van der Waals surface area (Å²) in [5.41, 5.74) is 3.52. The summed E-state index contributed by atoms with van der Waals surface area (Å²) in [6.07, 6.45) is 8.83. The summed E-state index contributed by atoms with van der Waals surface area (Å²) in [6.45, 7) is 7.11. The van der Waals surface area contributed by atoms with E-state index >= 15 is 0 Å². The molecule has 0 spiro atoms. The van der Waals surface area contributed by atoms with E-state index in [0.717, 1.165) is 16.7 Å². The van der Waals surface area contributed by atoms with Crippen LogP contribution in [0.2, 0.25) is 25.2 Å². The molecule has 0 bridgehead atoms. The van der Waals surface area contributed by atoms with Gasteiger partial charge in [-0.05, 0) is 22.7 Å². The van der Waals surface area contributed by atoms with Crippen molar-refractivity contribution in [2.75, 3.05) is 0 Å². The molecule has 0 saturated heterocycles. The number of allylic oxidation sites excluding steroid dienone is 2. The number of nitrogens with zero attached hydrogens (tertiary/aromatic N) is 1. The van der Waals surface area contributed by atoms with Crippen molar-refractivity contribution in [2.24, 2.45) is 0 Å². The van der Waals surface area contributed by atoms with Crippen LogP contribution < -0.4 is 0 Å². The molecule has 2 heteroatoms. The number of benzene rings is 1. The van der Waals surface area contributed by atoms with Crippen molar-refractivity contribution >= 4 is 20.2 Å². The molecule has 0 aromatic heterocycles. The summed E-state index contributed by atoms with van der Waals surface area (Å²) >= 11 is 0. The van der Waals surface area contributed by atoms with Gasteiger partial charge in [-0.2, -0.15) is 5.26 Å². The number of hydrogen-bond donors (Lipinski definition) is 0. The minimum absolute atomic E-state index is 0.543. The van der Waals surface area contributed by atoms with Gasteiger partial charge in [0, 0.05) is 0 Å². The van der Waals surface area contributed by atoms with Gasteiger partial charge in [-0.15, -0.1) is 0 Å². The predicted molar refractivity (Wildman–Crippen MR) is 76.3 cm³/mol. The summed E-state index contributed by atoms with van der Waals surface area (Å²) in [4.78, 5) is 0. The van der Waals surface area contributed by atoms with E-state index in [4.69, 9.17) is 5.26 Å². The number of hydrogen-bond acceptors (Lipinski definition) is 1. The van der Waals surface area contributed by atoms with Crippen LogP contribution in [-0.4, -0.2) is 8.07 Å². The smallest absolute Gasteiger partial charge is 0.0998 e. The minimum Gasteiger partial charge on any atom is -0.192 e. The lowest BCUT2D eigenvalue weighted by Crippen LogP contribution is -2.25. The Morgan fingerprint density at radius 1 is 1.12 bits per heavy atom. The van der Waals surface area contributed by atoms with Crippen LogP contribution in [0.25, 0.3) is 12.2 Å². The van der Waals surface area contributed by atoms with E-state index in [-0.39, 0.29) is 0 Å². The lowest BCUT2D eigenvalue weighted by Gasteiger charge is -2.22. The monoisotopic (exact) mass is 239 g/mol. The van der Waals surface area contributed by atoms with Gasteiger partial charge in [0.05, 0.1) is 19.7 Å². The Morgan fingerprint density at radius 3 is 2.47 bits per heavy atom. The van der Waals surface area contributed by atoms with Gasteiger partial charge in [-0.3, -0.25) is 0 Å². The lowest BCUT2D eigenvalue weighted by molar-refractivity contribution is 1.29. The van der Waals surface area contributed by atoms with Crippen molar-refractivity contribution in [1.29, 1.82) is 5.26 Å². The Morgan fingerprint density at radius 2 is 1.82 bits per heavy atom. The van der Waals surface area contributed by atoms with Gasteiger partial charge in [0.15, 0.2) is 0 Å². The standard InChI is InChI=1S/C15H17NSi/c1-17(2,3)14-8-7-12-5-4-6-13(11-16)15(12)10-9-14/h4-10,14H,1-3H3. The van der Waals surface area contributed by atoms with E-state index in [9.17, 15) is 0 Å². The molecular weight excluding hydrogens is 222 g/mol. The van der Waals surface area contributed by atoms with E-state index in [0.29, 0.717) is 5.54 Å². The highest BCUT2D eigenvalue weighted by Gasteiger charge is 2.23. The number of nitriles is 1. The maximum Gasteiger partial charge on any atom is 0.0998 e. The van der Waals surface area contributed by atoms with Gasteiger partial charge >= 0.3 is 0 Å². The number of fused-ring (bicyclic) bond motifs is 1. The van der Waals surface area contributed by atoms with Crippen LogP contribution in [-0.2, 0) is 0 Å². The molecule has 0 heterocycles. The van der Waals surface area contributed by atoms with Crippen molar-refractivity contribution in [3.63, 3.8) is 0 Å². The summed E-state index contributed by atoms with van der Waals surface area (Å²) in [7, 11) is -1.21. The molecule has 0 N–H and O–H groups in total. The van der Waals surface area contributed by atoms with Crippen LogP contribution in [0.15, 0.2) is 30.4 Å². The average Bonchev–Trinajstić information content (AvgIpc) is 2.49. The zero-order valence-electron chi connectivity index (χ0n) is 10.6. The predicted octanol–water partition coefficient (Wildman–Crippen LogP) is 4.31. The first-order chi connectivity index (χ1) is 8.02. The fraction of sp³-hybridized carbons (Fsp3) is 0.267. The van der Waals surface area contributed by atoms with Crippen LogP contribution in [0.1, 0.15) is 16.7 Å². The molecule has 1 atom stereocenters. The summed E-state index contributed by atoms with van der Waals surface area (Å²) in [5, 5.41) is 9.11. The van der Waals surface area contributed by atoms with Gasteiger partial charge in [-0.25, -0.2) is 0 Å². The molecule has 1 nitrogen and oxygen atoms in total. The molecule has 0 fully saturated rings. The third-order valence-electron chi connectivity index (χ3n) is 3.21. The van der Waals surface area contributed by atoms with E-state index in [1.54, 1.807) is 0 Å². The Kier molecular flexibility index (Phi) is 3.04. The summed E-state index contributed by atoms with van der Waals surface area (Å²) < 4.78 is 0. The Hall–Kier alpha value is -1.59. The van der Waals surface area contributed by atoms with Gasteiger partial charge < -0.3 is 0 Å². The molecule has 17 heavy (non-hydrogen) atoms. The van der Waals surface area contributed by atoms with Crippen LogP contribution in [0.3, 0.4) is 0 Å². The third kappa shape index (κ3) is 2.40. The first-order valence-corrected chi connectivity index (χ1v) is 9.49. The topological polar surface area (TPSA) is 23.8 Å². The Labute approximate surface area is 104 Å². The molecule has 0 aliphatic heterocycles. The fourth-order valence-electron chi connectivity index (χ4n) is 2.06. The highest BCUT2D eigenvalue weighted by Crippen LogP contribution is 2.31. The zero-order chi connectivity index (χ0) is 12.5. The molecule has 1 aromatic carbocycles. The van der Waals surface area contributed by atoms with Crippen molar-refractivity contribution < 1.29 is 0 Å². The Balaban J connectivity index is 2.50. The zero-order valence-corrected chi connectivity index (χ0v) is 11.6. The maximum absolute atomic E-state index is 9.11. The molecule has 0 radical (unpaired) electrons. The van der Waals surface area contributed by atoms with E-state index in [2.05, 4.69) is 56.1 Å². The van der Waals surface area contributed by atoms with Gasteiger partial charge in [0.1, 0.15) is 0 Å². The highest BCUT2D eigenvalue weighted by molar-refractivity contribution is 6.78. The molecule has 2 rings (SSSR count). The largest absolute Gasteiger partial charge is 0.192 e. The van der Waals surface area contributed by atoms with E-state index in [1.807, 2.05) is 12.1 Å². The molecule has 0 saturated carbocycles. The Bertz CT molecular complexity index is 527. The normalized spacial score (nSPS) is 18.4. The fourth-order valence-corrected chi connectivity index (χ4v) is 3.41. The molecular formula is C15H17NSi. The molecule has 0 amide bonds. The van der Waals surface area contributed by atoms with Gasteiger partial charge in [0.25, 0.3) is 0 Å². The second kappa shape index (κ2) is 4.35. The second-order valence-corrected chi connectivity index (χ2v) is 10.9. The van der Waals surface area contributed by atoms with E-state index in [1.165, 1.54) is 0 Å². The molecule has 1 aliphatic carbocycles. The summed E-state index contributed by atoms with van der Waals surface area (Å²) in [6, 6.07) is 8.17. The minimum atomic E-state index is -1.21. The first-order valence-electron chi connectivity index (χ1n) is 5.92. The maximum atomic E-state index is 9.11. The average molecular weight is 239 g/mol. The third-order valence-corrected chi connectivity index (χ3v) is 5.60. The van der Waals surface area contributed by atoms with Crippen molar-refractivity contribution in [3.8, 4) is 6.07 Å². The van der Waals surface area contributed by atoms with Crippen LogP contribution in [0.5, 0.6) is 0 Å². The highest BCUT2D eigenvalue weighted by atomic mass is 28.3. The second-order valence-electron chi connectivity index (χ2n) is 5.53. The van der Waals surface area contributed by atoms with Gasteiger partial charge in [0.2, 0.25) is 0 Å². The van der Waals surface area contributed by atoms with Crippen LogP contribution >= 0.6 is 0 Å². The van der Waals surface area contributed by atoms with Crippen molar-refractivity contribution in [2.45, 2.75) is 25.2 Å². The molecule has 1 aliphatic rings. The van der Waals surface area contributed by atoms with Crippen LogP contribution in [0.4, 0.5) is 0 Å². The van der Waals surface area contributed by atoms with E-state index < -0.39 is 8.07 Å². The quantitative estimate of drug-likeness (QED) is 0.670. The number of rotatable bonds is 1. The lowest BCUT2D eigenvalue weighted by atomic mass is 10.0. The summed E-state index contributed by atoms with van der Waals surface area (Å²) in [5.74, 6) is 0. The van der Waals surface area contributed by atoms with Gasteiger partial charge in [-0.1, -0.05) is 56.1 Å². The molecule has 1 aromatic rings. The van der Waals surface area contributed by atoms with Crippen LogP contribution in [0, 0.1) is 11.3 Å².